The second-order valence-corrected chi connectivity index (χ2v) is 8.56. The molecule has 35 heavy (non-hydrogen) atoms. The summed E-state index contributed by atoms with van der Waals surface area (Å²) in [4.78, 5) is 3.34. The van der Waals surface area contributed by atoms with Crippen LogP contribution in [0.2, 0.25) is 0 Å². The molecule has 0 radical (unpaired) electrons. The molecule has 0 aliphatic heterocycles. The monoisotopic (exact) mass is 487 g/mol. The maximum atomic E-state index is 6.74. The van der Waals surface area contributed by atoms with Crippen molar-refractivity contribution in [3.63, 3.8) is 0 Å². The Morgan fingerprint density at radius 1 is 0.886 bits per heavy atom. The molecule has 2 aromatic heterocycles. The first-order valence-corrected chi connectivity index (χ1v) is 11.6. The van der Waals surface area contributed by atoms with E-state index in [1.54, 1.807) is 7.11 Å². The van der Waals surface area contributed by atoms with E-state index in [0.29, 0.717) is 13.0 Å². The van der Waals surface area contributed by atoms with E-state index in [1.807, 2.05) is 30.5 Å². The third-order valence-corrected chi connectivity index (χ3v) is 6.28. The minimum atomic E-state index is -0.268. The van der Waals surface area contributed by atoms with Gasteiger partial charge in [-0.15, -0.1) is 22.6 Å². The minimum absolute atomic E-state index is 0. The van der Waals surface area contributed by atoms with Crippen molar-refractivity contribution in [1.82, 2.24) is 19.7 Å². The number of para-hydroxylation sites is 1. The van der Waals surface area contributed by atoms with E-state index in [4.69, 9.17) is 10.5 Å². The minimum Gasteiger partial charge on any atom is -0.497 e. The molecule has 0 aliphatic rings. The molecular weight excluding hydrogens is 458 g/mol. The first kappa shape index (κ1) is 24.5. The molecule has 2 heterocycles. The molecule has 180 valence electrons. The predicted molar refractivity (Wildman–Crippen MR) is 142 cm³/mol. The number of hydrogen-bond acceptors (Lipinski definition) is 4. The number of methoxy groups -OCH3 is 1. The molecular formula is C28H30ClN5O. The van der Waals surface area contributed by atoms with Crippen molar-refractivity contribution in [2.45, 2.75) is 31.8 Å². The lowest BCUT2D eigenvalue weighted by molar-refractivity contribution is 0.414. The molecule has 0 fully saturated rings. The standard InChI is InChI=1S/C28H29N5O.ClH/c1-34-23-14-11-21(12-15-23)19-33-27(16-13-20-7-3-2-4-8-20)31-32-28(33)25(29)17-22-18-30-26-10-6-5-9-24(22)26;/h2-12,14-15,18,25,30H,13,16-17,19,29H2,1H3;1H/t25-;/m1./s1. The number of halogens is 1. The molecule has 0 aliphatic carbocycles. The van der Waals surface area contributed by atoms with Crippen molar-refractivity contribution in [2.24, 2.45) is 5.73 Å². The molecule has 3 aromatic carbocycles. The van der Waals surface area contributed by atoms with Crippen molar-refractivity contribution in [2.75, 3.05) is 7.11 Å². The number of rotatable bonds is 9. The molecule has 6 nitrogen and oxygen atoms in total. The highest BCUT2D eigenvalue weighted by atomic mass is 35.5. The Labute approximate surface area is 211 Å². The summed E-state index contributed by atoms with van der Waals surface area (Å²) < 4.78 is 7.50. The quantitative estimate of drug-likeness (QED) is 0.297. The predicted octanol–water partition coefficient (Wildman–Crippen LogP) is 5.27. The lowest BCUT2D eigenvalue weighted by Gasteiger charge is -2.15. The van der Waals surface area contributed by atoms with Gasteiger partial charge in [0.1, 0.15) is 11.6 Å². The van der Waals surface area contributed by atoms with E-state index in [-0.39, 0.29) is 18.4 Å². The summed E-state index contributed by atoms with van der Waals surface area (Å²) in [5.74, 6) is 2.60. The average Bonchev–Trinajstić information content (AvgIpc) is 3.48. The van der Waals surface area contributed by atoms with E-state index in [9.17, 15) is 0 Å². The van der Waals surface area contributed by atoms with Gasteiger partial charge >= 0.3 is 0 Å². The number of hydrogen-bond donors (Lipinski definition) is 2. The zero-order valence-corrected chi connectivity index (χ0v) is 20.5. The fourth-order valence-electron chi connectivity index (χ4n) is 4.42. The Morgan fingerprint density at radius 2 is 1.63 bits per heavy atom. The van der Waals surface area contributed by atoms with E-state index in [0.717, 1.165) is 41.3 Å². The fourth-order valence-corrected chi connectivity index (χ4v) is 4.42. The Bertz CT molecular complexity index is 1360. The molecule has 0 amide bonds. The lowest BCUT2D eigenvalue weighted by atomic mass is 10.0. The van der Waals surface area contributed by atoms with Crippen molar-refractivity contribution in [3.8, 4) is 5.75 Å². The van der Waals surface area contributed by atoms with Crippen LogP contribution in [0.4, 0.5) is 0 Å². The van der Waals surface area contributed by atoms with Crippen molar-refractivity contribution in [1.29, 1.82) is 0 Å². The highest BCUT2D eigenvalue weighted by molar-refractivity contribution is 5.85. The molecule has 7 heteroatoms. The number of aromatic nitrogens is 4. The Kier molecular flexibility index (Phi) is 7.85. The molecule has 5 rings (SSSR count). The van der Waals surface area contributed by atoms with Gasteiger partial charge in [0, 0.05) is 23.5 Å². The lowest BCUT2D eigenvalue weighted by Crippen LogP contribution is -2.20. The fraction of sp³-hybridized carbons (Fsp3) is 0.214. The van der Waals surface area contributed by atoms with Gasteiger partial charge in [0.15, 0.2) is 5.82 Å². The van der Waals surface area contributed by atoms with Crippen molar-refractivity contribution >= 4 is 23.3 Å². The van der Waals surface area contributed by atoms with Gasteiger partial charge in [0.05, 0.1) is 19.7 Å². The Morgan fingerprint density at radius 3 is 2.40 bits per heavy atom. The van der Waals surface area contributed by atoms with E-state index >= 15 is 0 Å². The van der Waals surface area contributed by atoms with Gasteiger partial charge in [-0.2, -0.15) is 0 Å². The largest absolute Gasteiger partial charge is 0.497 e. The van der Waals surface area contributed by atoms with Gasteiger partial charge < -0.3 is 20.0 Å². The summed E-state index contributed by atoms with van der Waals surface area (Å²) in [7, 11) is 1.68. The number of ether oxygens (including phenoxy) is 1. The smallest absolute Gasteiger partial charge is 0.150 e. The highest BCUT2D eigenvalue weighted by Crippen LogP contribution is 2.24. The third-order valence-electron chi connectivity index (χ3n) is 6.28. The van der Waals surface area contributed by atoms with E-state index in [1.165, 1.54) is 16.5 Å². The summed E-state index contributed by atoms with van der Waals surface area (Å²) in [5.41, 5.74) is 11.5. The van der Waals surface area contributed by atoms with Crippen LogP contribution in [0.3, 0.4) is 0 Å². The Balaban J connectivity index is 0.00000289. The van der Waals surface area contributed by atoms with Gasteiger partial charge in [-0.05, 0) is 47.7 Å². The maximum Gasteiger partial charge on any atom is 0.150 e. The zero-order chi connectivity index (χ0) is 23.3. The van der Waals surface area contributed by atoms with Crippen LogP contribution in [0.1, 0.15) is 34.4 Å². The van der Waals surface area contributed by atoms with Gasteiger partial charge in [-0.25, -0.2) is 0 Å². The molecule has 0 saturated carbocycles. The van der Waals surface area contributed by atoms with E-state index in [2.05, 4.69) is 74.3 Å². The molecule has 0 bridgehead atoms. The van der Waals surface area contributed by atoms with Crippen LogP contribution in [-0.2, 0) is 25.8 Å². The van der Waals surface area contributed by atoms with Crippen LogP contribution >= 0.6 is 12.4 Å². The molecule has 0 spiro atoms. The van der Waals surface area contributed by atoms with E-state index < -0.39 is 0 Å². The first-order valence-electron chi connectivity index (χ1n) is 11.6. The first-order chi connectivity index (χ1) is 16.7. The van der Waals surface area contributed by atoms with Crippen molar-refractivity contribution in [3.05, 3.63) is 113 Å². The van der Waals surface area contributed by atoms with Gasteiger partial charge in [-0.1, -0.05) is 60.7 Å². The topological polar surface area (TPSA) is 81.8 Å². The summed E-state index contributed by atoms with van der Waals surface area (Å²) >= 11 is 0. The Hall–Kier alpha value is -3.61. The summed E-state index contributed by atoms with van der Waals surface area (Å²) in [5, 5.41) is 10.3. The van der Waals surface area contributed by atoms with Crippen LogP contribution in [0.5, 0.6) is 5.75 Å². The third kappa shape index (κ3) is 5.56. The number of aromatic amines is 1. The van der Waals surface area contributed by atoms with Gasteiger partial charge in [0.2, 0.25) is 0 Å². The second kappa shape index (κ2) is 11.2. The second-order valence-electron chi connectivity index (χ2n) is 8.56. The normalized spacial score (nSPS) is 11.8. The molecule has 3 N–H and O–H groups in total. The maximum absolute atomic E-state index is 6.74. The number of nitrogens with zero attached hydrogens (tertiary/aromatic N) is 3. The van der Waals surface area contributed by atoms with Crippen LogP contribution in [0.25, 0.3) is 10.9 Å². The van der Waals surface area contributed by atoms with Crippen LogP contribution < -0.4 is 10.5 Å². The summed E-state index contributed by atoms with van der Waals surface area (Å²) in [6, 6.07) is 26.6. The van der Waals surface area contributed by atoms with Crippen LogP contribution in [0, 0.1) is 0 Å². The summed E-state index contributed by atoms with van der Waals surface area (Å²) in [6.45, 7) is 0.665. The summed E-state index contributed by atoms with van der Waals surface area (Å²) in [6.07, 6.45) is 4.43. The zero-order valence-electron chi connectivity index (χ0n) is 19.7. The number of nitrogens with one attached hydrogen (secondary N) is 1. The number of fused-ring (bicyclic) bond motifs is 1. The highest BCUT2D eigenvalue weighted by Gasteiger charge is 2.20. The number of H-pyrrole nitrogens is 1. The van der Waals surface area contributed by atoms with Gasteiger partial charge in [0.25, 0.3) is 0 Å². The SMILES string of the molecule is COc1ccc(Cn2c(CCc3ccccc3)nnc2[C@H](N)Cc2c[nH]c3ccccc23)cc1.Cl. The van der Waals surface area contributed by atoms with Gasteiger partial charge in [-0.3, -0.25) is 0 Å². The molecule has 0 saturated heterocycles. The molecule has 0 unspecified atom stereocenters. The average molecular weight is 488 g/mol. The number of aryl methyl sites for hydroxylation is 2. The van der Waals surface area contributed by atoms with Crippen LogP contribution in [-0.4, -0.2) is 26.9 Å². The molecule has 5 aromatic rings. The number of nitrogens with two attached hydrogens (primary N) is 1. The number of benzene rings is 3. The van der Waals surface area contributed by atoms with Crippen LogP contribution in [0.15, 0.2) is 85.1 Å². The molecule has 1 atom stereocenters. The van der Waals surface area contributed by atoms with Crippen molar-refractivity contribution < 1.29 is 4.74 Å².